The molecule has 4 amide bonds. The fourth-order valence-electron chi connectivity index (χ4n) is 4.24. The third-order valence-corrected chi connectivity index (χ3v) is 6.71. The molecule has 0 aromatic heterocycles. The monoisotopic (exact) mass is 600 g/mol. The number of nitrogens with one attached hydrogen (secondary N) is 4. The number of aliphatic carboxylic acids is 2. The van der Waals surface area contributed by atoms with Crippen molar-refractivity contribution in [2.24, 2.45) is 0 Å². The number of carboxylic acid groups (broad SMARTS) is 2. The van der Waals surface area contributed by atoms with Gasteiger partial charge in [-0.25, -0.2) is 4.79 Å². The minimum Gasteiger partial charge on any atom is -0.481 e. The summed E-state index contributed by atoms with van der Waals surface area (Å²) in [5, 5.41) is 28.5. The van der Waals surface area contributed by atoms with Gasteiger partial charge >= 0.3 is 11.9 Å². The van der Waals surface area contributed by atoms with Crippen LogP contribution < -0.4 is 26.0 Å². The summed E-state index contributed by atoms with van der Waals surface area (Å²) in [5.41, 5.74) is 1.23. The van der Waals surface area contributed by atoms with Crippen LogP contribution >= 0.6 is 12.6 Å². The number of thiol groups is 1. The number of rotatable bonds is 8. The molecule has 2 aromatic carbocycles. The highest BCUT2D eigenvalue weighted by Gasteiger charge is 2.31. The van der Waals surface area contributed by atoms with Crippen LogP contribution in [0.15, 0.2) is 48.5 Å². The lowest BCUT2D eigenvalue weighted by atomic mass is 10.0. The Morgan fingerprint density at radius 1 is 0.976 bits per heavy atom. The smallest absolute Gasteiger partial charge is 0.327 e. The Balaban J connectivity index is 2.04. The van der Waals surface area contributed by atoms with Crippen molar-refractivity contribution in [3.8, 4) is 11.5 Å². The second kappa shape index (κ2) is 14.9. The zero-order valence-electron chi connectivity index (χ0n) is 22.7. The number of fused-ring (bicyclic) bond motifs is 10. The number of hydrogen-bond donors (Lipinski definition) is 7. The SMILES string of the molecule is CC(=O)N[C@H]1Cc2ccc(cc2)Oc2cccc(c2)CC(C(=O)N[C@@H](CS)C(=O)O)NC(=O)[C@H](CCC(=O)O)NC1=O. The molecule has 6 N–H and O–H groups in total. The van der Waals surface area contributed by atoms with Crippen LogP contribution in [0.1, 0.15) is 30.9 Å². The molecule has 1 unspecified atom stereocenters. The summed E-state index contributed by atoms with van der Waals surface area (Å²) in [6.07, 6.45) is -0.845. The molecule has 2 aliphatic heterocycles. The molecular formula is C28H32N4O9S. The van der Waals surface area contributed by atoms with E-state index in [1.807, 2.05) is 0 Å². The largest absolute Gasteiger partial charge is 0.481 e. The lowest BCUT2D eigenvalue weighted by molar-refractivity contribution is -0.141. The normalized spacial score (nSPS) is 19.7. The molecule has 2 heterocycles. The van der Waals surface area contributed by atoms with E-state index in [9.17, 15) is 39.0 Å². The molecule has 4 rings (SSSR count). The lowest BCUT2D eigenvalue weighted by Gasteiger charge is -2.26. The van der Waals surface area contributed by atoms with E-state index in [-0.39, 0.29) is 25.0 Å². The van der Waals surface area contributed by atoms with Crippen LogP contribution in [0.5, 0.6) is 11.5 Å². The molecule has 0 spiro atoms. The molecule has 13 nitrogen and oxygen atoms in total. The average molecular weight is 601 g/mol. The maximum atomic E-state index is 13.4. The molecule has 224 valence electrons. The van der Waals surface area contributed by atoms with Crippen molar-refractivity contribution in [2.45, 2.75) is 56.8 Å². The Morgan fingerprint density at radius 3 is 2.31 bits per heavy atom. The van der Waals surface area contributed by atoms with Gasteiger partial charge in [0.1, 0.15) is 35.7 Å². The van der Waals surface area contributed by atoms with E-state index in [0.29, 0.717) is 22.6 Å². The fraction of sp³-hybridized carbons (Fsp3) is 0.357. The molecule has 4 bridgehead atoms. The maximum absolute atomic E-state index is 13.4. The van der Waals surface area contributed by atoms with Crippen LogP contribution in [0, 0.1) is 0 Å². The quantitative estimate of drug-likeness (QED) is 0.210. The number of amides is 4. The minimum absolute atomic E-state index is 0.0553. The first kappa shape index (κ1) is 31.9. The zero-order chi connectivity index (χ0) is 30.8. The van der Waals surface area contributed by atoms with Gasteiger partial charge < -0.3 is 36.2 Å². The summed E-state index contributed by atoms with van der Waals surface area (Å²) in [4.78, 5) is 74.6. The number of benzene rings is 2. The van der Waals surface area contributed by atoms with Gasteiger partial charge in [0, 0.05) is 31.9 Å². The van der Waals surface area contributed by atoms with Crippen molar-refractivity contribution in [2.75, 3.05) is 5.75 Å². The van der Waals surface area contributed by atoms with E-state index in [4.69, 9.17) is 4.74 Å². The summed E-state index contributed by atoms with van der Waals surface area (Å²) >= 11 is 3.96. The van der Waals surface area contributed by atoms with E-state index in [2.05, 4.69) is 33.9 Å². The van der Waals surface area contributed by atoms with E-state index in [1.165, 1.54) is 6.92 Å². The van der Waals surface area contributed by atoms with Crippen LogP contribution in [-0.4, -0.2) is 75.7 Å². The number of hydrogen-bond acceptors (Lipinski definition) is 8. The molecule has 0 fully saturated rings. The first-order valence-corrected chi connectivity index (χ1v) is 13.7. The van der Waals surface area contributed by atoms with Crippen LogP contribution in [0.4, 0.5) is 0 Å². The summed E-state index contributed by atoms with van der Waals surface area (Å²) in [6.45, 7) is 1.23. The second-order valence-corrected chi connectivity index (χ2v) is 10.1. The molecule has 2 aromatic rings. The first-order chi connectivity index (χ1) is 19.9. The topological polar surface area (TPSA) is 200 Å². The molecule has 0 saturated heterocycles. The summed E-state index contributed by atoms with van der Waals surface area (Å²) in [5.74, 6) is -4.79. The van der Waals surface area contributed by atoms with E-state index < -0.39 is 66.2 Å². The van der Waals surface area contributed by atoms with Gasteiger partial charge in [-0.1, -0.05) is 24.3 Å². The third-order valence-electron chi connectivity index (χ3n) is 6.34. The molecule has 14 heteroatoms. The highest BCUT2D eigenvalue weighted by molar-refractivity contribution is 7.80. The Kier molecular flexibility index (Phi) is 11.3. The predicted octanol–water partition coefficient (Wildman–Crippen LogP) is 0.416. The Labute approximate surface area is 246 Å². The lowest BCUT2D eigenvalue weighted by Crippen LogP contribution is -2.58. The molecule has 0 aliphatic carbocycles. The van der Waals surface area contributed by atoms with Crippen molar-refractivity contribution in [1.29, 1.82) is 0 Å². The van der Waals surface area contributed by atoms with Crippen LogP contribution in [0.25, 0.3) is 0 Å². The molecule has 0 radical (unpaired) electrons. The van der Waals surface area contributed by atoms with Gasteiger partial charge in [-0.05, 0) is 41.8 Å². The van der Waals surface area contributed by atoms with Gasteiger partial charge in [0.2, 0.25) is 23.6 Å². The minimum atomic E-state index is -1.40. The molecule has 2 aliphatic rings. The molecule has 42 heavy (non-hydrogen) atoms. The van der Waals surface area contributed by atoms with E-state index in [0.717, 1.165) is 0 Å². The van der Waals surface area contributed by atoms with Crippen molar-refractivity contribution in [3.05, 3.63) is 59.7 Å². The van der Waals surface area contributed by atoms with Gasteiger partial charge in [0.25, 0.3) is 0 Å². The Hall–Kier alpha value is -4.59. The van der Waals surface area contributed by atoms with Gasteiger partial charge in [0.15, 0.2) is 0 Å². The molecule has 0 saturated carbocycles. The first-order valence-electron chi connectivity index (χ1n) is 13.0. The number of ether oxygens (including phenoxy) is 1. The Morgan fingerprint density at radius 2 is 1.69 bits per heavy atom. The summed E-state index contributed by atoms with van der Waals surface area (Å²) < 4.78 is 5.93. The van der Waals surface area contributed by atoms with Gasteiger partial charge in [-0.3, -0.25) is 24.0 Å². The zero-order valence-corrected chi connectivity index (χ0v) is 23.6. The van der Waals surface area contributed by atoms with E-state index in [1.54, 1.807) is 48.5 Å². The van der Waals surface area contributed by atoms with Gasteiger partial charge in [-0.2, -0.15) is 12.6 Å². The highest BCUT2D eigenvalue weighted by atomic mass is 32.1. The highest BCUT2D eigenvalue weighted by Crippen LogP contribution is 2.24. The summed E-state index contributed by atoms with van der Waals surface area (Å²) in [6, 6.07) is 8.35. The Bertz CT molecular complexity index is 1330. The fourth-order valence-corrected chi connectivity index (χ4v) is 4.49. The number of carbonyl (C=O) groups is 6. The van der Waals surface area contributed by atoms with Crippen molar-refractivity contribution in [3.63, 3.8) is 0 Å². The standard InChI is InChI=1S/C28H32N4O9S/c1-15(33)29-21-12-16-5-7-18(8-6-16)41-19-4-2-3-17(11-19)13-22(27(38)32-23(14-42)28(39)40)31-25(36)20(30-26(21)37)9-10-24(34)35/h2-8,11,20-23,42H,9-10,12-14H2,1H3,(H,29,33)(H,30,37)(H,31,36)(H,32,38)(H,34,35)(H,39,40)/t20-,21-,22?,23-/m0/s1. The van der Waals surface area contributed by atoms with Crippen LogP contribution in [-0.2, 0) is 41.6 Å². The van der Waals surface area contributed by atoms with Gasteiger partial charge in [0.05, 0.1) is 0 Å². The molecular weight excluding hydrogens is 568 g/mol. The van der Waals surface area contributed by atoms with Crippen LogP contribution in [0.2, 0.25) is 0 Å². The average Bonchev–Trinajstić information content (AvgIpc) is 2.93. The predicted molar refractivity (Wildman–Crippen MR) is 152 cm³/mol. The third kappa shape index (κ3) is 9.51. The maximum Gasteiger partial charge on any atom is 0.327 e. The number of carbonyl (C=O) groups excluding carboxylic acids is 4. The van der Waals surface area contributed by atoms with E-state index >= 15 is 0 Å². The van der Waals surface area contributed by atoms with Crippen molar-refractivity contribution >= 4 is 48.2 Å². The van der Waals surface area contributed by atoms with Gasteiger partial charge in [-0.15, -0.1) is 0 Å². The summed E-state index contributed by atoms with van der Waals surface area (Å²) in [7, 11) is 0. The molecule has 4 atom stereocenters. The van der Waals surface area contributed by atoms with Crippen molar-refractivity contribution in [1.82, 2.24) is 21.3 Å². The van der Waals surface area contributed by atoms with Crippen molar-refractivity contribution < 1.29 is 43.7 Å². The second-order valence-electron chi connectivity index (χ2n) is 9.69. The van der Waals surface area contributed by atoms with Crippen LogP contribution in [0.3, 0.4) is 0 Å². The number of carboxylic acids is 2.